The second kappa shape index (κ2) is 2.07. The third kappa shape index (κ3) is 0.625. The molecule has 8 bridgehead atoms. The van der Waals surface area contributed by atoms with Crippen molar-refractivity contribution in [3.05, 3.63) is 0 Å². The summed E-state index contributed by atoms with van der Waals surface area (Å²) in [5, 5.41) is 0. The lowest BCUT2D eigenvalue weighted by atomic mass is 9.42. The van der Waals surface area contributed by atoms with Crippen molar-refractivity contribution >= 4 is 0 Å². The van der Waals surface area contributed by atoms with Gasteiger partial charge in [0, 0.05) is 0 Å². The van der Waals surface area contributed by atoms with E-state index in [4.69, 9.17) is 4.74 Å². The first kappa shape index (κ1) is 7.27. The molecule has 0 radical (unpaired) electrons. The van der Waals surface area contributed by atoms with E-state index in [9.17, 15) is 0 Å². The fourth-order valence-electron chi connectivity index (χ4n) is 6.11. The molecular weight excluding hydrogens is 172 g/mol. The SMILES string of the molecule is C1C2C[C@@H]3C4OC5C[C@H](C1[C@@H]3C5)[C@H]4C2. The van der Waals surface area contributed by atoms with Gasteiger partial charge in [0.15, 0.2) is 0 Å². The zero-order valence-corrected chi connectivity index (χ0v) is 8.56. The minimum atomic E-state index is 0.688. The minimum absolute atomic E-state index is 0.688. The Morgan fingerprint density at radius 2 is 1.21 bits per heavy atom. The van der Waals surface area contributed by atoms with Crippen molar-refractivity contribution in [2.45, 2.75) is 44.3 Å². The first-order valence-corrected chi connectivity index (χ1v) is 6.55. The molecule has 0 N–H and O–H groups in total. The molecule has 2 heterocycles. The summed E-state index contributed by atoms with van der Waals surface area (Å²) in [6.45, 7) is 0. The first-order chi connectivity index (χ1) is 6.90. The molecule has 4 unspecified atom stereocenters. The van der Waals surface area contributed by atoms with Crippen LogP contribution in [0.2, 0.25) is 0 Å². The Kier molecular flexibility index (Phi) is 1.07. The van der Waals surface area contributed by atoms with E-state index in [2.05, 4.69) is 0 Å². The standard InChI is InChI=1S/C13H18O/c1-6-2-11-9-4-7-5-10(8(1)9)12(3-6)13(11)14-7/h6-13H,1-5H2/t6?,7?,8?,9-,10+,11-,12+,13?. The van der Waals surface area contributed by atoms with Crippen molar-refractivity contribution < 1.29 is 4.74 Å². The van der Waals surface area contributed by atoms with Crippen LogP contribution in [0, 0.1) is 35.5 Å². The summed E-state index contributed by atoms with van der Waals surface area (Å²) in [6.07, 6.45) is 8.94. The van der Waals surface area contributed by atoms with Gasteiger partial charge >= 0.3 is 0 Å². The summed E-state index contributed by atoms with van der Waals surface area (Å²) >= 11 is 0. The van der Waals surface area contributed by atoms with E-state index in [1.54, 1.807) is 6.42 Å². The molecule has 7 aliphatic rings. The molecule has 7 fully saturated rings. The van der Waals surface area contributed by atoms with Gasteiger partial charge in [-0.1, -0.05) is 0 Å². The molecule has 14 heavy (non-hydrogen) atoms. The van der Waals surface area contributed by atoms with Gasteiger partial charge in [-0.2, -0.15) is 0 Å². The smallest absolute Gasteiger partial charge is 0.0640 e. The highest BCUT2D eigenvalue weighted by molar-refractivity contribution is 5.12. The lowest BCUT2D eigenvalue weighted by Crippen LogP contribution is -2.66. The highest BCUT2D eigenvalue weighted by atomic mass is 16.5. The van der Waals surface area contributed by atoms with Gasteiger partial charge in [0.1, 0.15) is 0 Å². The topological polar surface area (TPSA) is 9.23 Å². The van der Waals surface area contributed by atoms with E-state index in [-0.39, 0.29) is 0 Å². The largest absolute Gasteiger partial charge is 0.374 e. The van der Waals surface area contributed by atoms with Crippen molar-refractivity contribution in [1.82, 2.24) is 0 Å². The maximum absolute atomic E-state index is 6.26. The van der Waals surface area contributed by atoms with Gasteiger partial charge < -0.3 is 4.74 Å². The summed E-state index contributed by atoms with van der Waals surface area (Å²) in [7, 11) is 0. The minimum Gasteiger partial charge on any atom is -0.374 e. The molecule has 1 nitrogen and oxygen atoms in total. The Labute approximate surface area is 85.2 Å². The number of hydrogen-bond acceptors (Lipinski definition) is 1. The van der Waals surface area contributed by atoms with Crippen LogP contribution >= 0.6 is 0 Å². The van der Waals surface area contributed by atoms with Crippen LogP contribution in [0.3, 0.4) is 0 Å². The molecule has 0 aromatic heterocycles. The average molecular weight is 190 g/mol. The molecular formula is C13H18O. The van der Waals surface area contributed by atoms with E-state index < -0.39 is 0 Å². The van der Waals surface area contributed by atoms with E-state index in [1.807, 2.05) is 0 Å². The highest BCUT2D eigenvalue weighted by Crippen LogP contribution is 2.67. The fraction of sp³-hybridized carbons (Fsp3) is 1.00. The molecule has 2 saturated heterocycles. The maximum atomic E-state index is 6.26. The third-order valence-corrected chi connectivity index (χ3v) is 6.28. The van der Waals surface area contributed by atoms with Gasteiger partial charge in [-0.3, -0.25) is 0 Å². The van der Waals surface area contributed by atoms with Gasteiger partial charge in [-0.25, -0.2) is 0 Å². The number of ether oxygens (including phenoxy) is 1. The van der Waals surface area contributed by atoms with Gasteiger partial charge in [-0.05, 0) is 67.6 Å². The maximum Gasteiger partial charge on any atom is 0.0640 e. The molecule has 0 aromatic carbocycles. The van der Waals surface area contributed by atoms with Crippen LogP contribution < -0.4 is 0 Å². The highest BCUT2D eigenvalue weighted by Gasteiger charge is 2.64. The zero-order chi connectivity index (χ0) is 8.86. The number of rotatable bonds is 0. The molecule has 2 aliphatic heterocycles. The predicted octanol–water partition coefficient (Wildman–Crippen LogP) is 2.46. The average Bonchev–Trinajstić information content (AvgIpc) is 2.24. The Bertz CT molecular complexity index is 210. The molecule has 0 amide bonds. The van der Waals surface area contributed by atoms with Crippen LogP contribution in [0.5, 0.6) is 0 Å². The van der Waals surface area contributed by atoms with E-state index in [0.717, 1.165) is 41.6 Å². The van der Waals surface area contributed by atoms with Crippen molar-refractivity contribution in [3.63, 3.8) is 0 Å². The molecule has 0 aromatic rings. The molecule has 76 valence electrons. The second-order valence-electron chi connectivity index (χ2n) is 6.59. The Hall–Kier alpha value is -0.0400. The summed E-state index contributed by atoms with van der Waals surface area (Å²) < 4.78 is 6.26. The summed E-state index contributed by atoms with van der Waals surface area (Å²) in [5.74, 6) is 6.47. The Morgan fingerprint density at radius 1 is 0.643 bits per heavy atom. The van der Waals surface area contributed by atoms with Gasteiger partial charge in [0.05, 0.1) is 12.2 Å². The normalized spacial score (nSPS) is 72.0. The lowest BCUT2D eigenvalue weighted by Gasteiger charge is -2.69. The molecule has 5 aliphatic carbocycles. The summed E-state index contributed by atoms with van der Waals surface area (Å²) in [5.41, 5.74) is 0. The van der Waals surface area contributed by atoms with Crippen LogP contribution in [0.15, 0.2) is 0 Å². The monoisotopic (exact) mass is 190 g/mol. The summed E-state index contributed by atoms with van der Waals surface area (Å²) in [6, 6.07) is 0. The second-order valence-corrected chi connectivity index (χ2v) is 6.59. The quantitative estimate of drug-likeness (QED) is 0.570. The van der Waals surface area contributed by atoms with Crippen LogP contribution in [-0.4, -0.2) is 12.2 Å². The van der Waals surface area contributed by atoms with Crippen LogP contribution in [-0.2, 0) is 4.74 Å². The molecule has 8 atom stereocenters. The fourth-order valence-corrected chi connectivity index (χ4v) is 6.11. The lowest BCUT2D eigenvalue weighted by molar-refractivity contribution is -0.287. The van der Waals surface area contributed by atoms with Crippen LogP contribution in [0.4, 0.5) is 0 Å². The van der Waals surface area contributed by atoms with Gasteiger partial charge in [0.2, 0.25) is 0 Å². The van der Waals surface area contributed by atoms with Crippen molar-refractivity contribution in [2.24, 2.45) is 35.5 Å². The van der Waals surface area contributed by atoms with E-state index >= 15 is 0 Å². The number of hydrogen-bond donors (Lipinski definition) is 0. The third-order valence-electron chi connectivity index (χ3n) is 6.28. The first-order valence-electron chi connectivity index (χ1n) is 6.55. The predicted molar refractivity (Wildman–Crippen MR) is 52.7 cm³/mol. The molecule has 5 saturated carbocycles. The van der Waals surface area contributed by atoms with E-state index in [1.165, 1.54) is 25.7 Å². The van der Waals surface area contributed by atoms with Gasteiger partial charge in [0.25, 0.3) is 0 Å². The van der Waals surface area contributed by atoms with Crippen LogP contribution in [0.25, 0.3) is 0 Å². The zero-order valence-electron chi connectivity index (χ0n) is 8.56. The van der Waals surface area contributed by atoms with Crippen molar-refractivity contribution in [2.75, 3.05) is 0 Å². The molecule has 1 heteroatoms. The molecule has 0 spiro atoms. The Morgan fingerprint density at radius 3 is 1.93 bits per heavy atom. The van der Waals surface area contributed by atoms with Gasteiger partial charge in [-0.15, -0.1) is 0 Å². The molecule has 7 rings (SSSR count). The Balaban J connectivity index is 1.70. The van der Waals surface area contributed by atoms with Crippen molar-refractivity contribution in [1.29, 1.82) is 0 Å². The van der Waals surface area contributed by atoms with Crippen LogP contribution in [0.1, 0.15) is 32.1 Å². The van der Waals surface area contributed by atoms with Crippen molar-refractivity contribution in [3.8, 4) is 0 Å². The van der Waals surface area contributed by atoms with E-state index in [0.29, 0.717) is 6.10 Å². The summed E-state index contributed by atoms with van der Waals surface area (Å²) in [4.78, 5) is 0.